The van der Waals surface area contributed by atoms with Crippen molar-refractivity contribution >= 4 is 23.0 Å². The van der Waals surface area contributed by atoms with Gasteiger partial charge in [0.25, 0.3) is 0 Å². The van der Waals surface area contributed by atoms with Crippen LogP contribution in [0.4, 0.5) is 5.95 Å². The van der Waals surface area contributed by atoms with Gasteiger partial charge in [-0.3, -0.25) is 0 Å². The van der Waals surface area contributed by atoms with Crippen LogP contribution in [-0.2, 0) is 4.74 Å². The molecule has 3 aromatic rings. The highest BCUT2D eigenvalue weighted by Crippen LogP contribution is 2.27. The zero-order valence-corrected chi connectivity index (χ0v) is 14.5. The number of fused-ring (bicyclic) bond motifs is 1. The Morgan fingerprint density at radius 3 is 2.70 bits per heavy atom. The number of nitrogen functional groups attached to an aromatic ring is 1. The first-order chi connectivity index (χ1) is 13.1. The van der Waals surface area contributed by atoms with E-state index in [4.69, 9.17) is 20.3 Å². The van der Waals surface area contributed by atoms with Crippen LogP contribution in [0.3, 0.4) is 0 Å². The highest BCUT2D eigenvalue weighted by Gasteiger charge is 2.18. The molecule has 1 atom stereocenters. The monoisotopic (exact) mass is 366 g/mol. The van der Waals surface area contributed by atoms with Crippen LogP contribution in [0.1, 0.15) is 16.8 Å². The van der Waals surface area contributed by atoms with Gasteiger partial charge in [0, 0.05) is 18.1 Å². The van der Waals surface area contributed by atoms with Crippen molar-refractivity contribution in [1.82, 2.24) is 15.0 Å². The summed E-state index contributed by atoms with van der Waals surface area (Å²) in [6, 6.07) is 10.1. The molecule has 1 saturated heterocycles. The maximum atomic E-state index is 11.0. The van der Waals surface area contributed by atoms with E-state index in [0.29, 0.717) is 41.7 Å². The smallest absolute Gasteiger partial charge is 0.335 e. The number of aromatic carboxylic acids is 1. The number of carboxylic acid groups (broad SMARTS) is 1. The lowest BCUT2D eigenvalue weighted by Crippen LogP contribution is -2.13. The second-order valence-corrected chi connectivity index (χ2v) is 6.37. The lowest BCUT2D eigenvalue weighted by atomic mass is 10.1. The van der Waals surface area contributed by atoms with Crippen LogP contribution in [0.25, 0.3) is 22.3 Å². The number of ether oxygens (including phenoxy) is 2. The Morgan fingerprint density at radius 2 is 2.00 bits per heavy atom. The predicted molar refractivity (Wildman–Crippen MR) is 98.6 cm³/mol. The van der Waals surface area contributed by atoms with Crippen molar-refractivity contribution in [1.29, 1.82) is 0 Å². The van der Waals surface area contributed by atoms with E-state index in [0.717, 1.165) is 18.6 Å². The van der Waals surface area contributed by atoms with E-state index < -0.39 is 5.97 Å². The van der Waals surface area contributed by atoms with E-state index in [-0.39, 0.29) is 11.5 Å². The molecule has 2 aromatic heterocycles. The van der Waals surface area contributed by atoms with Gasteiger partial charge in [-0.15, -0.1) is 0 Å². The van der Waals surface area contributed by atoms with Gasteiger partial charge in [0.1, 0.15) is 0 Å². The van der Waals surface area contributed by atoms with Crippen molar-refractivity contribution in [2.45, 2.75) is 6.42 Å². The molecule has 27 heavy (non-hydrogen) atoms. The van der Waals surface area contributed by atoms with Gasteiger partial charge in [0.2, 0.25) is 11.8 Å². The van der Waals surface area contributed by atoms with E-state index in [1.807, 2.05) is 0 Å². The van der Waals surface area contributed by atoms with E-state index >= 15 is 0 Å². The molecular weight excluding hydrogens is 348 g/mol. The summed E-state index contributed by atoms with van der Waals surface area (Å²) in [7, 11) is 0. The highest BCUT2D eigenvalue weighted by atomic mass is 16.5. The van der Waals surface area contributed by atoms with Gasteiger partial charge in [0.05, 0.1) is 30.0 Å². The summed E-state index contributed by atoms with van der Waals surface area (Å²) in [5.74, 6) is -0.180. The molecular formula is C19H18N4O4. The minimum Gasteiger partial charge on any atom is -0.478 e. The minimum absolute atomic E-state index is 0.125. The molecule has 8 heteroatoms. The number of hydrogen-bond acceptors (Lipinski definition) is 7. The number of nitrogens with two attached hydrogens (primary N) is 1. The molecule has 8 nitrogen and oxygen atoms in total. The van der Waals surface area contributed by atoms with E-state index in [1.165, 1.54) is 0 Å². The largest absolute Gasteiger partial charge is 0.478 e. The molecule has 0 spiro atoms. The first-order valence-corrected chi connectivity index (χ1v) is 8.58. The maximum absolute atomic E-state index is 11.0. The zero-order chi connectivity index (χ0) is 18.8. The summed E-state index contributed by atoms with van der Waals surface area (Å²) in [4.78, 5) is 24.0. The first kappa shape index (κ1) is 17.2. The normalized spacial score (nSPS) is 16.5. The Kier molecular flexibility index (Phi) is 4.55. The standard InChI is InChI=1S/C19H18N4O4/c20-19-22-15-6-5-14(12-1-3-13(4-2-12)18(24)25)21-16(15)17(23-19)27-10-11-7-8-26-9-11/h1-6,11H,7-10H2,(H,24,25)(H2,20,22,23). The Balaban J connectivity index is 1.68. The van der Waals surface area contributed by atoms with E-state index in [2.05, 4.69) is 15.0 Å². The zero-order valence-electron chi connectivity index (χ0n) is 14.5. The van der Waals surface area contributed by atoms with Gasteiger partial charge in [-0.25, -0.2) is 14.8 Å². The van der Waals surface area contributed by atoms with Crippen LogP contribution < -0.4 is 10.5 Å². The molecule has 0 saturated carbocycles. The summed E-state index contributed by atoms with van der Waals surface area (Å²) in [6.45, 7) is 1.90. The number of nitrogens with zero attached hydrogens (tertiary/aromatic N) is 3. The quantitative estimate of drug-likeness (QED) is 0.706. The molecule has 0 radical (unpaired) electrons. The fraction of sp³-hybridized carbons (Fsp3) is 0.263. The number of carboxylic acids is 1. The molecule has 3 heterocycles. The maximum Gasteiger partial charge on any atom is 0.335 e. The summed E-state index contributed by atoms with van der Waals surface area (Å²) >= 11 is 0. The van der Waals surface area contributed by atoms with Crippen LogP contribution in [0.15, 0.2) is 36.4 Å². The summed E-state index contributed by atoms with van der Waals surface area (Å²) < 4.78 is 11.2. The Hall–Kier alpha value is -3.26. The highest BCUT2D eigenvalue weighted by molar-refractivity contribution is 5.88. The van der Waals surface area contributed by atoms with Crippen LogP contribution in [-0.4, -0.2) is 45.8 Å². The van der Waals surface area contributed by atoms with E-state index in [1.54, 1.807) is 36.4 Å². The van der Waals surface area contributed by atoms with Gasteiger partial charge in [-0.05, 0) is 30.7 Å². The number of carbonyl (C=O) groups is 1. The molecule has 1 aromatic carbocycles. The number of anilines is 1. The lowest BCUT2D eigenvalue weighted by molar-refractivity contribution is 0.0697. The topological polar surface area (TPSA) is 120 Å². The molecule has 1 aliphatic heterocycles. The second kappa shape index (κ2) is 7.16. The molecule has 1 fully saturated rings. The molecule has 1 unspecified atom stereocenters. The first-order valence-electron chi connectivity index (χ1n) is 8.58. The fourth-order valence-corrected chi connectivity index (χ4v) is 2.96. The molecule has 0 amide bonds. The second-order valence-electron chi connectivity index (χ2n) is 6.37. The van der Waals surface area contributed by atoms with Crippen molar-refractivity contribution in [3.63, 3.8) is 0 Å². The van der Waals surface area contributed by atoms with Crippen molar-refractivity contribution in [3.8, 4) is 17.1 Å². The third-order valence-electron chi connectivity index (χ3n) is 4.43. The van der Waals surface area contributed by atoms with E-state index in [9.17, 15) is 4.79 Å². The summed E-state index contributed by atoms with van der Waals surface area (Å²) in [5, 5.41) is 9.03. The SMILES string of the molecule is Nc1nc(OCC2CCOC2)c2nc(-c3ccc(C(=O)O)cc3)ccc2n1. The van der Waals surface area contributed by atoms with Crippen molar-refractivity contribution < 1.29 is 19.4 Å². The van der Waals surface area contributed by atoms with Crippen molar-refractivity contribution in [3.05, 3.63) is 42.0 Å². The number of rotatable bonds is 5. The Labute approximate surface area is 155 Å². The van der Waals surface area contributed by atoms with Gasteiger partial charge in [0.15, 0.2) is 5.52 Å². The number of benzene rings is 1. The summed E-state index contributed by atoms with van der Waals surface area (Å²) in [5.41, 5.74) is 8.57. The fourth-order valence-electron chi connectivity index (χ4n) is 2.96. The van der Waals surface area contributed by atoms with Gasteiger partial charge < -0.3 is 20.3 Å². The predicted octanol–water partition coefficient (Wildman–Crippen LogP) is 2.39. The van der Waals surface area contributed by atoms with Crippen LogP contribution >= 0.6 is 0 Å². The average Bonchev–Trinajstić information content (AvgIpc) is 3.19. The molecule has 138 valence electrons. The lowest BCUT2D eigenvalue weighted by Gasteiger charge is -2.12. The molecule has 1 aliphatic rings. The van der Waals surface area contributed by atoms with Gasteiger partial charge >= 0.3 is 5.97 Å². The van der Waals surface area contributed by atoms with Crippen LogP contribution in [0.2, 0.25) is 0 Å². The Bertz CT molecular complexity index is 985. The minimum atomic E-state index is -0.969. The van der Waals surface area contributed by atoms with Gasteiger partial charge in [-0.2, -0.15) is 4.98 Å². The molecule has 4 rings (SSSR count). The third-order valence-corrected chi connectivity index (χ3v) is 4.43. The number of pyridine rings is 1. The van der Waals surface area contributed by atoms with Crippen LogP contribution in [0, 0.1) is 5.92 Å². The van der Waals surface area contributed by atoms with Crippen LogP contribution in [0.5, 0.6) is 5.88 Å². The molecule has 3 N–H and O–H groups in total. The Morgan fingerprint density at radius 1 is 1.19 bits per heavy atom. The molecule has 0 bridgehead atoms. The van der Waals surface area contributed by atoms with Crippen molar-refractivity contribution in [2.24, 2.45) is 5.92 Å². The summed E-state index contributed by atoms with van der Waals surface area (Å²) in [6.07, 6.45) is 0.951. The molecule has 0 aliphatic carbocycles. The van der Waals surface area contributed by atoms with Crippen molar-refractivity contribution in [2.75, 3.05) is 25.6 Å². The third kappa shape index (κ3) is 3.65. The average molecular weight is 366 g/mol. The van der Waals surface area contributed by atoms with Gasteiger partial charge in [-0.1, -0.05) is 12.1 Å². The number of aromatic nitrogens is 3. The number of hydrogen-bond donors (Lipinski definition) is 2.